The summed E-state index contributed by atoms with van der Waals surface area (Å²) in [5, 5.41) is 20.4. The van der Waals surface area contributed by atoms with Crippen LogP contribution in [0.3, 0.4) is 0 Å². The predicted octanol–water partition coefficient (Wildman–Crippen LogP) is 3.76. The number of likely N-dealkylation sites (tertiary alicyclic amines) is 1. The van der Waals surface area contributed by atoms with Crippen LogP contribution in [0.2, 0.25) is 0 Å². The molecule has 32 heavy (non-hydrogen) atoms. The molecule has 9 heteroatoms. The maximum atomic E-state index is 13.3. The average Bonchev–Trinajstić information content (AvgIpc) is 3.15. The maximum absolute atomic E-state index is 13.3. The molecule has 9 nitrogen and oxygen atoms in total. The van der Waals surface area contributed by atoms with Crippen LogP contribution in [0.25, 0.3) is 5.65 Å². The van der Waals surface area contributed by atoms with Crippen LogP contribution in [-0.4, -0.2) is 55.2 Å². The van der Waals surface area contributed by atoms with Gasteiger partial charge in [0.25, 0.3) is 5.91 Å². The Morgan fingerprint density at radius 2 is 1.84 bits per heavy atom. The number of nitrogens with zero attached hydrogens (tertiary/aromatic N) is 4. The van der Waals surface area contributed by atoms with Crippen molar-refractivity contribution >= 4 is 29.3 Å². The van der Waals surface area contributed by atoms with Crippen molar-refractivity contribution in [2.45, 2.75) is 45.7 Å². The highest BCUT2D eigenvalue weighted by Crippen LogP contribution is 2.32. The van der Waals surface area contributed by atoms with E-state index in [1.807, 2.05) is 51.1 Å². The number of hydrogen-bond donors (Lipinski definition) is 3. The maximum Gasteiger partial charge on any atom is 0.407 e. The number of benzene rings is 1. The van der Waals surface area contributed by atoms with E-state index in [2.05, 4.69) is 20.7 Å². The molecule has 3 heterocycles. The average molecular weight is 437 g/mol. The first-order valence-electron chi connectivity index (χ1n) is 10.7. The molecule has 4 rings (SSSR count). The number of nitrogens with one attached hydrogen (secondary N) is 2. The van der Waals surface area contributed by atoms with Gasteiger partial charge < -0.3 is 20.6 Å². The lowest BCUT2D eigenvalue weighted by molar-refractivity contribution is 0.0357. The van der Waals surface area contributed by atoms with E-state index in [4.69, 9.17) is 0 Å². The number of pyridine rings is 1. The second kappa shape index (κ2) is 8.49. The van der Waals surface area contributed by atoms with E-state index >= 15 is 0 Å². The highest BCUT2D eigenvalue weighted by Gasteiger charge is 2.42. The topological polar surface area (TPSA) is 112 Å². The Hall–Kier alpha value is -3.62. The van der Waals surface area contributed by atoms with Crippen LogP contribution in [-0.2, 0) is 0 Å². The molecule has 0 spiro atoms. The molecule has 1 fully saturated rings. The number of para-hydroxylation sites is 1. The van der Waals surface area contributed by atoms with Gasteiger partial charge in [0.05, 0.1) is 12.1 Å². The lowest BCUT2D eigenvalue weighted by Crippen LogP contribution is -2.61. The minimum absolute atomic E-state index is 0.298. The number of hydrogen-bond acceptors (Lipinski definition) is 5. The van der Waals surface area contributed by atoms with E-state index in [0.29, 0.717) is 36.7 Å². The second-order valence-electron chi connectivity index (χ2n) is 9.12. The van der Waals surface area contributed by atoms with Crippen molar-refractivity contribution in [3.63, 3.8) is 0 Å². The standard InChI is InChI=1S/C23H28N6O3/c1-23(2,3)19-16(11-8-14-28(19)22(31)32)25-20(30)17-12-7-13-18-26-21(27-29(17)18)24-15-9-5-4-6-10-15/h4-7,9-10,12-13,16,19H,8,11,14H2,1-3H3,(H,24,27)(H,25,30)(H,31,32)/t16?,19-/m1/s1. The van der Waals surface area contributed by atoms with Crippen LogP contribution in [0.5, 0.6) is 0 Å². The van der Waals surface area contributed by atoms with Crippen LogP contribution in [0.15, 0.2) is 48.5 Å². The Morgan fingerprint density at radius 1 is 1.09 bits per heavy atom. The van der Waals surface area contributed by atoms with Crippen LogP contribution >= 0.6 is 0 Å². The zero-order chi connectivity index (χ0) is 22.9. The quantitative estimate of drug-likeness (QED) is 0.574. The van der Waals surface area contributed by atoms with Crippen LogP contribution in [0.4, 0.5) is 16.4 Å². The molecule has 0 aliphatic carbocycles. The zero-order valence-corrected chi connectivity index (χ0v) is 18.4. The summed E-state index contributed by atoms with van der Waals surface area (Å²) in [6.07, 6.45) is 0.451. The minimum atomic E-state index is -0.959. The first-order valence-corrected chi connectivity index (χ1v) is 10.7. The molecule has 2 atom stereocenters. The number of carboxylic acid groups (broad SMARTS) is 1. The number of rotatable bonds is 4. The Kier molecular flexibility index (Phi) is 5.73. The van der Waals surface area contributed by atoms with Crippen LogP contribution < -0.4 is 10.6 Å². The van der Waals surface area contributed by atoms with Crippen molar-refractivity contribution in [3.05, 3.63) is 54.2 Å². The van der Waals surface area contributed by atoms with Crippen molar-refractivity contribution < 1.29 is 14.7 Å². The number of carbonyl (C=O) groups is 2. The van der Waals surface area contributed by atoms with E-state index in [9.17, 15) is 14.7 Å². The molecule has 1 aromatic carbocycles. The van der Waals surface area contributed by atoms with Crippen LogP contribution in [0, 0.1) is 5.41 Å². The van der Waals surface area contributed by atoms with Crippen molar-refractivity contribution in [1.82, 2.24) is 24.8 Å². The zero-order valence-electron chi connectivity index (χ0n) is 18.4. The van der Waals surface area contributed by atoms with Gasteiger partial charge in [-0.15, -0.1) is 5.10 Å². The molecule has 168 valence electrons. The van der Waals surface area contributed by atoms with Gasteiger partial charge in [-0.2, -0.15) is 4.98 Å². The van der Waals surface area contributed by atoms with E-state index in [-0.39, 0.29) is 23.4 Å². The highest BCUT2D eigenvalue weighted by atomic mass is 16.4. The first kappa shape index (κ1) is 21.6. The summed E-state index contributed by atoms with van der Waals surface area (Å²) < 4.78 is 1.50. The molecule has 1 saturated heterocycles. The van der Waals surface area contributed by atoms with Gasteiger partial charge in [-0.05, 0) is 42.5 Å². The second-order valence-corrected chi connectivity index (χ2v) is 9.12. The van der Waals surface area contributed by atoms with Crippen molar-refractivity contribution in [1.29, 1.82) is 0 Å². The molecule has 1 unspecified atom stereocenters. The number of fused-ring (bicyclic) bond motifs is 1. The van der Waals surface area contributed by atoms with Gasteiger partial charge >= 0.3 is 6.09 Å². The Labute approximate surface area is 186 Å². The summed E-state index contributed by atoms with van der Waals surface area (Å²) in [6.45, 7) is 6.46. The van der Waals surface area contributed by atoms with Gasteiger partial charge in [-0.25, -0.2) is 9.31 Å². The summed E-state index contributed by atoms with van der Waals surface area (Å²) >= 11 is 0. The van der Waals surface area contributed by atoms with Gasteiger partial charge in [-0.1, -0.05) is 45.0 Å². The van der Waals surface area contributed by atoms with Gasteiger partial charge in [0.1, 0.15) is 5.69 Å². The molecular weight excluding hydrogens is 408 g/mol. The van der Waals surface area contributed by atoms with Crippen LogP contribution in [0.1, 0.15) is 44.1 Å². The van der Waals surface area contributed by atoms with E-state index < -0.39 is 6.09 Å². The van der Waals surface area contributed by atoms with Gasteiger partial charge in [0, 0.05) is 12.2 Å². The SMILES string of the molecule is CC(C)(C)[C@H]1C(NC(=O)c2cccc3nc(Nc4ccccc4)nn23)CCCN1C(=O)O. The number of aromatic nitrogens is 3. The molecule has 3 aromatic rings. The summed E-state index contributed by atoms with van der Waals surface area (Å²) in [5.74, 6) is 0.0805. The molecule has 0 saturated carbocycles. The Morgan fingerprint density at radius 3 is 2.53 bits per heavy atom. The normalized spacial score (nSPS) is 19.0. The fourth-order valence-electron chi connectivity index (χ4n) is 4.46. The minimum Gasteiger partial charge on any atom is -0.465 e. The predicted molar refractivity (Wildman–Crippen MR) is 121 cm³/mol. The monoisotopic (exact) mass is 436 g/mol. The van der Waals surface area contributed by atoms with E-state index in [1.165, 1.54) is 9.42 Å². The fraction of sp³-hybridized carbons (Fsp3) is 0.391. The largest absolute Gasteiger partial charge is 0.465 e. The summed E-state index contributed by atoms with van der Waals surface area (Å²) in [4.78, 5) is 31.0. The number of amides is 2. The molecular formula is C23H28N6O3. The molecule has 1 aliphatic rings. The molecule has 2 amide bonds. The lowest BCUT2D eigenvalue weighted by Gasteiger charge is -2.46. The number of anilines is 2. The molecule has 2 aromatic heterocycles. The summed E-state index contributed by atoms with van der Waals surface area (Å²) in [7, 11) is 0. The van der Waals surface area contributed by atoms with Gasteiger partial charge in [0.15, 0.2) is 5.65 Å². The number of carbonyl (C=O) groups excluding carboxylic acids is 1. The Balaban J connectivity index is 1.60. The third-order valence-corrected chi connectivity index (χ3v) is 5.70. The van der Waals surface area contributed by atoms with Crippen molar-refractivity contribution in [3.8, 4) is 0 Å². The molecule has 1 aliphatic heterocycles. The molecule has 0 radical (unpaired) electrons. The van der Waals surface area contributed by atoms with Crippen molar-refractivity contribution in [2.75, 3.05) is 11.9 Å². The van der Waals surface area contributed by atoms with Gasteiger partial charge in [-0.3, -0.25) is 4.79 Å². The van der Waals surface area contributed by atoms with E-state index in [1.54, 1.807) is 18.2 Å². The Bertz CT molecular complexity index is 1120. The molecule has 0 bridgehead atoms. The van der Waals surface area contributed by atoms with E-state index in [0.717, 1.165) is 5.69 Å². The first-order chi connectivity index (χ1) is 15.2. The van der Waals surface area contributed by atoms with Crippen molar-refractivity contribution in [2.24, 2.45) is 5.41 Å². The number of piperidine rings is 1. The molecule has 3 N–H and O–H groups in total. The third kappa shape index (κ3) is 4.37. The smallest absolute Gasteiger partial charge is 0.407 e. The third-order valence-electron chi connectivity index (χ3n) is 5.70. The lowest BCUT2D eigenvalue weighted by atomic mass is 9.77. The fourth-order valence-corrected chi connectivity index (χ4v) is 4.46. The highest BCUT2D eigenvalue weighted by molar-refractivity contribution is 5.93. The summed E-state index contributed by atoms with van der Waals surface area (Å²) in [6, 6.07) is 14.2. The summed E-state index contributed by atoms with van der Waals surface area (Å²) in [5.41, 5.74) is 1.40. The van der Waals surface area contributed by atoms with Gasteiger partial charge in [0.2, 0.25) is 5.95 Å².